The maximum atomic E-state index is 11.9. The van der Waals surface area contributed by atoms with Gasteiger partial charge in [0.25, 0.3) is 15.6 Å². The van der Waals surface area contributed by atoms with Crippen molar-refractivity contribution < 1.29 is 39.7 Å². The molecule has 12 heteroatoms. The number of anilines is 1. The summed E-state index contributed by atoms with van der Waals surface area (Å²) in [7, 11) is -8.72. The van der Waals surface area contributed by atoms with Crippen LogP contribution in [0, 0.1) is 0 Å². The second kappa shape index (κ2) is 14.8. The van der Waals surface area contributed by atoms with Crippen LogP contribution in [0.4, 0.5) is 5.69 Å². The zero-order valence-electron chi connectivity index (χ0n) is 28.6. The SMILES string of the molecule is CCC(=C\c1oc2ccc(-c3ccccc3)cc2[n+]1CCC(C)S(=O)(=O)[O-])/C=C1/Oc2ccc(-c3ccccc3)cc2N1CCC(C)S(=O)(=O)O. The van der Waals surface area contributed by atoms with Crippen molar-refractivity contribution in [3.05, 3.63) is 120 Å². The lowest BCUT2D eigenvalue weighted by Crippen LogP contribution is -2.37. The Labute approximate surface area is 298 Å². The number of benzene rings is 4. The van der Waals surface area contributed by atoms with Crippen LogP contribution in [-0.4, -0.2) is 43.0 Å². The number of allylic oxidation sites excluding steroid dienone is 2. The van der Waals surface area contributed by atoms with Gasteiger partial charge in [0.2, 0.25) is 11.5 Å². The lowest BCUT2D eigenvalue weighted by Gasteiger charge is -2.20. The summed E-state index contributed by atoms with van der Waals surface area (Å²) in [5.41, 5.74) is 6.87. The Balaban J connectivity index is 1.41. The molecule has 1 N–H and O–H groups in total. The molecule has 0 spiro atoms. The Kier molecular flexibility index (Phi) is 10.5. The normalized spacial score (nSPS) is 15.6. The number of hydrogen-bond acceptors (Lipinski definition) is 8. The number of aromatic nitrogens is 1. The van der Waals surface area contributed by atoms with E-state index in [-0.39, 0.29) is 25.9 Å². The third-order valence-corrected chi connectivity index (χ3v) is 11.7. The largest absolute Gasteiger partial charge is 0.748 e. The minimum absolute atomic E-state index is 0.0893. The van der Waals surface area contributed by atoms with E-state index in [1.54, 1.807) is 0 Å². The van der Waals surface area contributed by atoms with Crippen molar-refractivity contribution >= 4 is 43.1 Å². The maximum Gasteiger partial charge on any atom is 0.374 e. The average Bonchev–Trinajstić information content (AvgIpc) is 3.64. The van der Waals surface area contributed by atoms with Gasteiger partial charge in [0.05, 0.1) is 32.4 Å². The lowest BCUT2D eigenvalue weighted by atomic mass is 10.0. The van der Waals surface area contributed by atoms with Gasteiger partial charge >= 0.3 is 5.89 Å². The zero-order chi connectivity index (χ0) is 36.3. The topological polar surface area (TPSA) is 141 Å². The summed E-state index contributed by atoms with van der Waals surface area (Å²) in [5.74, 6) is 1.55. The van der Waals surface area contributed by atoms with Gasteiger partial charge < -0.3 is 18.6 Å². The first kappa shape index (κ1) is 36.1. The van der Waals surface area contributed by atoms with Crippen LogP contribution >= 0.6 is 0 Å². The predicted octanol–water partition coefficient (Wildman–Crippen LogP) is 7.58. The fraction of sp³-hybridized carbons (Fsp3) is 0.256. The van der Waals surface area contributed by atoms with Gasteiger partial charge in [0.1, 0.15) is 0 Å². The minimum Gasteiger partial charge on any atom is -0.748 e. The molecule has 0 aliphatic carbocycles. The van der Waals surface area contributed by atoms with Crippen molar-refractivity contribution in [1.29, 1.82) is 0 Å². The number of nitrogens with zero attached hydrogens (tertiary/aromatic N) is 2. The van der Waals surface area contributed by atoms with Crippen molar-refractivity contribution in [1.82, 2.24) is 0 Å². The fourth-order valence-electron chi connectivity index (χ4n) is 5.98. The molecule has 6 rings (SSSR count). The highest BCUT2D eigenvalue weighted by Crippen LogP contribution is 2.42. The molecular weight excluding hydrogens is 689 g/mol. The van der Waals surface area contributed by atoms with Crippen LogP contribution in [0.3, 0.4) is 0 Å². The molecule has 4 aromatic carbocycles. The van der Waals surface area contributed by atoms with Crippen LogP contribution in [-0.2, 0) is 26.8 Å². The highest BCUT2D eigenvalue weighted by molar-refractivity contribution is 7.86. The molecule has 1 aromatic heterocycles. The molecule has 266 valence electrons. The molecule has 5 aromatic rings. The van der Waals surface area contributed by atoms with E-state index in [0.29, 0.717) is 29.5 Å². The zero-order valence-corrected chi connectivity index (χ0v) is 30.2. The molecule has 0 fully saturated rings. The molecule has 1 aliphatic heterocycles. The van der Waals surface area contributed by atoms with Gasteiger partial charge in [-0.2, -0.15) is 13.0 Å². The van der Waals surface area contributed by atoms with Gasteiger partial charge in [-0.05, 0) is 72.7 Å². The van der Waals surface area contributed by atoms with Gasteiger partial charge in [0.15, 0.2) is 12.3 Å². The molecule has 0 saturated heterocycles. The van der Waals surface area contributed by atoms with E-state index in [0.717, 1.165) is 39.0 Å². The van der Waals surface area contributed by atoms with E-state index < -0.39 is 30.7 Å². The molecule has 1 aliphatic rings. The monoisotopic (exact) mass is 728 g/mol. The Hall–Kier alpha value is -4.75. The van der Waals surface area contributed by atoms with Gasteiger partial charge in [0, 0.05) is 25.1 Å². The number of rotatable bonds is 13. The predicted molar refractivity (Wildman–Crippen MR) is 197 cm³/mol. The van der Waals surface area contributed by atoms with Crippen molar-refractivity contribution in [2.45, 2.75) is 57.1 Å². The fourth-order valence-corrected chi connectivity index (χ4v) is 6.77. The molecule has 2 atom stereocenters. The number of oxazole rings is 1. The van der Waals surface area contributed by atoms with Gasteiger partial charge in [-0.3, -0.25) is 4.55 Å². The van der Waals surface area contributed by atoms with Gasteiger partial charge in [-0.1, -0.05) is 79.7 Å². The average molecular weight is 729 g/mol. The van der Waals surface area contributed by atoms with Crippen LogP contribution in [0.5, 0.6) is 5.75 Å². The van der Waals surface area contributed by atoms with E-state index in [1.165, 1.54) is 13.8 Å². The van der Waals surface area contributed by atoms with E-state index in [2.05, 4.69) is 0 Å². The van der Waals surface area contributed by atoms with E-state index in [9.17, 15) is 25.9 Å². The Morgan fingerprint density at radius 1 is 0.843 bits per heavy atom. The van der Waals surface area contributed by atoms with Crippen LogP contribution in [0.15, 0.2) is 119 Å². The highest BCUT2D eigenvalue weighted by atomic mass is 32.2. The molecule has 0 bridgehead atoms. The minimum atomic E-state index is -4.49. The smallest absolute Gasteiger partial charge is 0.374 e. The molecular formula is C39H40N2O8S2. The van der Waals surface area contributed by atoms with Crippen LogP contribution in [0.25, 0.3) is 39.4 Å². The lowest BCUT2D eigenvalue weighted by molar-refractivity contribution is -0.678. The van der Waals surface area contributed by atoms with Crippen LogP contribution < -0.4 is 14.2 Å². The quantitative estimate of drug-likeness (QED) is 0.0960. The number of ether oxygens (including phenoxy) is 1. The first-order valence-corrected chi connectivity index (χ1v) is 19.8. The Morgan fingerprint density at radius 2 is 1.47 bits per heavy atom. The standard InChI is InChI=1S/C39H40N2O8S2/c1-4-29(23-38-40(21-19-27(2)50(42,43)44)34-25-32(15-17-36(34)48-38)30-11-7-5-8-12-30)24-39-41(22-20-28(3)51(45,46)47)35-26-33(16-18-37(35)49-39)31-13-9-6-10-14-31/h5-18,23-28H,4,19-22H2,1-3H3,(H-,42,43,44,45,46,47). The van der Waals surface area contributed by atoms with Crippen molar-refractivity contribution in [2.24, 2.45) is 0 Å². The molecule has 2 heterocycles. The van der Waals surface area contributed by atoms with Gasteiger partial charge in [-0.15, -0.1) is 0 Å². The summed E-state index contributed by atoms with van der Waals surface area (Å²) in [6.45, 7) is 5.33. The second-order valence-corrected chi connectivity index (χ2v) is 16.3. The number of fused-ring (bicyclic) bond motifs is 2. The van der Waals surface area contributed by atoms with Crippen molar-refractivity contribution in [3.8, 4) is 28.0 Å². The Bertz CT molecular complexity index is 2320. The van der Waals surface area contributed by atoms with E-state index in [4.69, 9.17) is 9.15 Å². The summed E-state index contributed by atoms with van der Waals surface area (Å²) in [6, 6.07) is 31.4. The molecule has 0 saturated carbocycles. The van der Waals surface area contributed by atoms with Gasteiger partial charge in [-0.25, -0.2) is 8.42 Å². The second-order valence-electron chi connectivity index (χ2n) is 12.7. The summed E-state index contributed by atoms with van der Waals surface area (Å²) >= 11 is 0. The highest BCUT2D eigenvalue weighted by Gasteiger charge is 2.30. The van der Waals surface area contributed by atoms with Crippen LogP contribution in [0.2, 0.25) is 0 Å². The van der Waals surface area contributed by atoms with E-state index >= 15 is 0 Å². The first-order chi connectivity index (χ1) is 24.3. The van der Waals surface area contributed by atoms with Crippen molar-refractivity contribution in [2.75, 3.05) is 11.4 Å². The molecule has 0 radical (unpaired) electrons. The molecule has 2 unspecified atom stereocenters. The molecule has 10 nitrogen and oxygen atoms in total. The number of hydrogen-bond donors (Lipinski definition) is 1. The summed E-state index contributed by atoms with van der Waals surface area (Å²) < 4.78 is 83.5. The molecule has 0 amide bonds. The third kappa shape index (κ3) is 8.26. The summed E-state index contributed by atoms with van der Waals surface area (Å²) in [6.07, 6.45) is 4.54. The molecule has 51 heavy (non-hydrogen) atoms. The van der Waals surface area contributed by atoms with Crippen LogP contribution in [0.1, 0.15) is 45.9 Å². The van der Waals surface area contributed by atoms with E-state index in [1.807, 2.05) is 126 Å². The first-order valence-electron chi connectivity index (χ1n) is 16.8. The van der Waals surface area contributed by atoms with Crippen molar-refractivity contribution in [3.63, 3.8) is 0 Å². The maximum absolute atomic E-state index is 11.9. The summed E-state index contributed by atoms with van der Waals surface area (Å²) in [4.78, 5) is 1.91. The Morgan fingerprint density at radius 3 is 2.08 bits per heavy atom. The summed E-state index contributed by atoms with van der Waals surface area (Å²) in [5, 5.41) is -2.08. The third-order valence-electron chi connectivity index (χ3n) is 9.22. The number of aryl methyl sites for hydroxylation is 1.